The average molecular weight is 158 g/mol. The maximum atomic E-state index is 8.47. The highest BCUT2D eigenvalue weighted by atomic mass is 35.5. The Bertz CT molecular complexity index is 237. The monoisotopic (exact) mass is 157 g/mol. The van der Waals surface area contributed by atoms with E-state index >= 15 is 0 Å². The molecular weight excluding hydrogens is 150 g/mol. The van der Waals surface area contributed by atoms with Crippen molar-refractivity contribution >= 4 is 17.3 Å². The normalized spacial score (nSPS) is 9.50. The van der Waals surface area contributed by atoms with Gasteiger partial charge in [-0.05, 0) is 24.6 Å². The topological polar surface area (TPSA) is 32.3 Å². The highest BCUT2D eigenvalue weighted by Gasteiger charge is 1.96. The van der Waals surface area contributed by atoms with Gasteiger partial charge in [-0.2, -0.15) is 0 Å². The first kappa shape index (κ1) is 7.38. The molecule has 0 radical (unpaired) electrons. The molecule has 0 fully saturated rings. The maximum absolute atomic E-state index is 8.47. The summed E-state index contributed by atoms with van der Waals surface area (Å²) in [6, 6.07) is 5.36. The van der Waals surface area contributed by atoms with Gasteiger partial charge in [-0.15, -0.1) is 0 Å². The Morgan fingerprint density at radius 3 is 2.70 bits per heavy atom. The summed E-state index contributed by atoms with van der Waals surface area (Å²) in [4.78, 5) is 0. The zero-order valence-corrected chi connectivity index (χ0v) is 6.31. The van der Waals surface area contributed by atoms with Gasteiger partial charge in [0, 0.05) is 0 Å². The first-order chi connectivity index (χ1) is 4.74. The van der Waals surface area contributed by atoms with Gasteiger partial charge in [-0.3, -0.25) is 10.7 Å². The third-order valence-electron chi connectivity index (χ3n) is 1.25. The van der Waals surface area contributed by atoms with Gasteiger partial charge in [0.1, 0.15) is 0 Å². The standard InChI is InChI=1S/C7H8ClNO/c1-5-2-3-7(9-10)6(8)4-5/h2-4,9-10H,1H3. The molecule has 0 unspecified atom stereocenters. The van der Waals surface area contributed by atoms with Crippen molar-refractivity contribution in [1.29, 1.82) is 0 Å². The van der Waals surface area contributed by atoms with Crippen LogP contribution in [0.4, 0.5) is 5.69 Å². The number of nitrogens with one attached hydrogen (secondary N) is 1. The summed E-state index contributed by atoms with van der Waals surface area (Å²) < 4.78 is 0. The minimum Gasteiger partial charge on any atom is -0.291 e. The molecule has 0 bridgehead atoms. The Kier molecular flexibility index (Phi) is 2.14. The second kappa shape index (κ2) is 2.90. The van der Waals surface area contributed by atoms with Crippen LogP contribution in [0, 0.1) is 6.92 Å². The predicted octanol–water partition coefficient (Wildman–Crippen LogP) is 2.45. The van der Waals surface area contributed by atoms with Gasteiger partial charge in [0.25, 0.3) is 0 Å². The molecule has 0 heterocycles. The van der Waals surface area contributed by atoms with Gasteiger partial charge in [-0.25, -0.2) is 0 Å². The summed E-state index contributed by atoms with van der Waals surface area (Å²) in [5, 5.41) is 9.00. The molecule has 0 aliphatic carbocycles. The largest absolute Gasteiger partial charge is 0.291 e. The van der Waals surface area contributed by atoms with Crippen LogP contribution in [-0.4, -0.2) is 5.21 Å². The van der Waals surface area contributed by atoms with E-state index in [1.54, 1.807) is 12.1 Å². The van der Waals surface area contributed by atoms with Crippen LogP contribution in [-0.2, 0) is 0 Å². The minimum absolute atomic E-state index is 0.530. The van der Waals surface area contributed by atoms with Crippen LogP contribution in [0.15, 0.2) is 18.2 Å². The molecule has 0 spiro atoms. The zero-order valence-electron chi connectivity index (χ0n) is 5.56. The molecule has 0 aliphatic rings. The lowest BCUT2D eigenvalue weighted by molar-refractivity contribution is 0.389. The third-order valence-corrected chi connectivity index (χ3v) is 1.56. The minimum atomic E-state index is 0.530. The van der Waals surface area contributed by atoms with Crippen molar-refractivity contribution in [2.75, 3.05) is 5.48 Å². The number of benzene rings is 1. The molecule has 2 nitrogen and oxygen atoms in total. The van der Waals surface area contributed by atoms with E-state index in [9.17, 15) is 0 Å². The number of rotatable bonds is 1. The fraction of sp³-hybridized carbons (Fsp3) is 0.143. The average Bonchev–Trinajstić information content (AvgIpc) is 1.88. The van der Waals surface area contributed by atoms with Crippen molar-refractivity contribution < 1.29 is 5.21 Å². The van der Waals surface area contributed by atoms with Crippen LogP contribution in [0.2, 0.25) is 5.02 Å². The fourth-order valence-electron chi connectivity index (χ4n) is 0.711. The van der Waals surface area contributed by atoms with Gasteiger partial charge in [0.15, 0.2) is 0 Å². The lowest BCUT2D eigenvalue weighted by atomic mass is 10.2. The lowest BCUT2D eigenvalue weighted by Gasteiger charge is -2.01. The SMILES string of the molecule is Cc1ccc(NO)c(Cl)c1. The molecule has 0 aromatic heterocycles. The Morgan fingerprint density at radius 2 is 2.20 bits per heavy atom. The van der Waals surface area contributed by atoms with E-state index in [0.29, 0.717) is 10.7 Å². The van der Waals surface area contributed by atoms with Crippen molar-refractivity contribution in [2.24, 2.45) is 0 Å². The molecular formula is C7H8ClNO. The maximum Gasteiger partial charge on any atom is 0.0788 e. The van der Waals surface area contributed by atoms with E-state index in [1.807, 2.05) is 18.5 Å². The van der Waals surface area contributed by atoms with Crippen molar-refractivity contribution in [3.63, 3.8) is 0 Å². The van der Waals surface area contributed by atoms with E-state index in [-0.39, 0.29) is 0 Å². The summed E-state index contributed by atoms with van der Waals surface area (Å²) in [5.74, 6) is 0. The number of aryl methyl sites for hydroxylation is 1. The molecule has 0 atom stereocenters. The number of hydrogen-bond donors (Lipinski definition) is 2. The molecule has 1 aromatic carbocycles. The van der Waals surface area contributed by atoms with Gasteiger partial charge < -0.3 is 0 Å². The van der Waals surface area contributed by atoms with Gasteiger partial charge >= 0.3 is 0 Å². The Labute approximate surface area is 64.4 Å². The van der Waals surface area contributed by atoms with Crippen LogP contribution in [0.1, 0.15) is 5.56 Å². The quantitative estimate of drug-likeness (QED) is 0.614. The number of anilines is 1. The smallest absolute Gasteiger partial charge is 0.0788 e. The van der Waals surface area contributed by atoms with Gasteiger partial charge in [-0.1, -0.05) is 17.7 Å². The van der Waals surface area contributed by atoms with E-state index in [0.717, 1.165) is 5.56 Å². The van der Waals surface area contributed by atoms with E-state index < -0.39 is 0 Å². The molecule has 2 N–H and O–H groups in total. The van der Waals surface area contributed by atoms with Crippen molar-refractivity contribution in [3.05, 3.63) is 28.8 Å². The summed E-state index contributed by atoms with van der Waals surface area (Å²) in [7, 11) is 0. The Morgan fingerprint density at radius 1 is 1.50 bits per heavy atom. The van der Waals surface area contributed by atoms with Crippen LogP contribution in [0.5, 0.6) is 0 Å². The lowest BCUT2D eigenvalue weighted by Crippen LogP contribution is -1.89. The molecule has 3 heteroatoms. The van der Waals surface area contributed by atoms with Crippen LogP contribution in [0.25, 0.3) is 0 Å². The molecule has 1 aromatic rings. The molecule has 0 aliphatic heterocycles. The van der Waals surface area contributed by atoms with Crippen LogP contribution in [0.3, 0.4) is 0 Å². The summed E-state index contributed by atoms with van der Waals surface area (Å²) >= 11 is 5.71. The van der Waals surface area contributed by atoms with Crippen LogP contribution >= 0.6 is 11.6 Å². The van der Waals surface area contributed by atoms with Crippen molar-refractivity contribution in [3.8, 4) is 0 Å². The van der Waals surface area contributed by atoms with Crippen LogP contribution < -0.4 is 5.48 Å². The summed E-state index contributed by atoms with van der Waals surface area (Å²) in [6.07, 6.45) is 0. The third kappa shape index (κ3) is 1.40. The van der Waals surface area contributed by atoms with Gasteiger partial charge in [0.05, 0.1) is 10.7 Å². The highest BCUT2D eigenvalue weighted by molar-refractivity contribution is 6.33. The van der Waals surface area contributed by atoms with Gasteiger partial charge in [0.2, 0.25) is 0 Å². The second-order valence-corrected chi connectivity index (χ2v) is 2.50. The summed E-state index contributed by atoms with van der Waals surface area (Å²) in [6.45, 7) is 1.94. The van der Waals surface area contributed by atoms with Crippen molar-refractivity contribution in [2.45, 2.75) is 6.92 Å². The number of hydrogen-bond acceptors (Lipinski definition) is 2. The van der Waals surface area contributed by atoms with E-state index in [4.69, 9.17) is 16.8 Å². The molecule has 1 rings (SSSR count). The molecule has 54 valence electrons. The Balaban J connectivity index is 3.07. The molecule has 0 saturated carbocycles. The highest BCUT2D eigenvalue weighted by Crippen LogP contribution is 2.21. The molecule has 0 saturated heterocycles. The number of halogens is 1. The molecule has 10 heavy (non-hydrogen) atoms. The fourth-order valence-corrected chi connectivity index (χ4v) is 0.988. The first-order valence-corrected chi connectivity index (χ1v) is 3.28. The van der Waals surface area contributed by atoms with E-state index in [2.05, 4.69) is 0 Å². The zero-order chi connectivity index (χ0) is 7.56. The summed E-state index contributed by atoms with van der Waals surface area (Å²) in [5.41, 5.74) is 3.60. The molecule has 0 amide bonds. The van der Waals surface area contributed by atoms with Crippen molar-refractivity contribution in [1.82, 2.24) is 0 Å². The second-order valence-electron chi connectivity index (χ2n) is 2.10. The predicted molar refractivity (Wildman–Crippen MR) is 41.6 cm³/mol. The Hall–Kier alpha value is -0.730. The first-order valence-electron chi connectivity index (χ1n) is 2.90. The van der Waals surface area contributed by atoms with E-state index in [1.165, 1.54) is 0 Å².